The van der Waals surface area contributed by atoms with E-state index in [0.717, 1.165) is 5.56 Å². The molecular weight excluding hydrogens is 270 g/mol. The summed E-state index contributed by atoms with van der Waals surface area (Å²) in [5.74, 6) is 0.692. The van der Waals surface area contributed by atoms with Gasteiger partial charge in [0.25, 0.3) is 0 Å². The van der Waals surface area contributed by atoms with Gasteiger partial charge in [-0.25, -0.2) is 0 Å². The van der Waals surface area contributed by atoms with Crippen molar-refractivity contribution in [2.24, 2.45) is 5.73 Å². The van der Waals surface area contributed by atoms with Crippen LogP contribution in [0, 0.1) is 13.8 Å². The minimum Gasteiger partial charge on any atom is -0.487 e. The molecule has 2 nitrogen and oxygen atoms in total. The molecule has 1 unspecified atom stereocenters. The van der Waals surface area contributed by atoms with Gasteiger partial charge in [-0.05, 0) is 49.6 Å². The first kappa shape index (κ1) is 14.9. The quantitative estimate of drug-likeness (QED) is 0.896. The maximum Gasteiger partial charge on any atom is 0.138 e. The summed E-state index contributed by atoms with van der Waals surface area (Å²) in [6.07, 6.45) is 0. The van der Waals surface area contributed by atoms with Crippen LogP contribution in [0.15, 0.2) is 36.4 Å². The Kier molecular flexibility index (Phi) is 4.69. The van der Waals surface area contributed by atoms with Crippen LogP contribution in [-0.2, 0) is 6.61 Å². The summed E-state index contributed by atoms with van der Waals surface area (Å²) < 4.78 is 5.82. The van der Waals surface area contributed by atoms with Crippen molar-refractivity contribution in [3.05, 3.63) is 63.7 Å². The Morgan fingerprint density at radius 2 is 1.90 bits per heavy atom. The van der Waals surface area contributed by atoms with Gasteiger partial charge in [0.2, 0.25) is 0 Å². The molecule has 0 bridgehead atoms. The third kappa shape index (κ3) is 3.53. The Hall–Kier alpha value is -1.51. The molecule has 0 aliphatic carbocycles. The lowest BCUT2D eigenvalue weighted by Gasteiger charge is -2.13. The Bertz CT molecular complexity index is 608. The molecule has 0 spiro atoms. The van der Waals surface area contributed by atoms with E-state index < -0.39 is 0 Å². The van der Waals surface area contributed by atoms with Crippen LogP contribution in [0.25, 0.3) is 0 Å². The van der Waals surface area contributed by atoms with Gasteiger partial charge in [0.1, 0.15) is 12.4 Å². The molecule has 106 valence electrons. The van der Waals surface area contributed by atoms with E-state index in [4.69, 9.17) is 22.1 Å². The lowest BCUT2D eigenvalue weighted by atomic mass is 10.1. The second-order valence-electron chi connectivity index (χ2n) is 5.20. The highest BCUT2D eigenvalue weighted by atomic mass is 35.5. The smallest absolute Gasteiger partial charge is 0.138 e. The van der Waals surface area contributed by atoms with Gasteiger partial charge in [0.15, 0.2) is 0 Å². The number of hydrogen-bond donors (Lipinski definition) is 1. The number of halogens is 1. The zero-order chi connectivity index (χ0) is 14.7. The topological polar surface area (TPSA) is 35.2 Å². The van der Waals surface area contributed by atoms with Crippen molar-refractivity contribution in [3.8, 4) is 5.75 Å². The van der Waals surface area contributed by atoms with Crippen molar-refractivity contribution in [1.82, 2.24) is 0 Å². The Morgan fingerprint density at radius 3 is 2.55 bits per heavy atom. The molecule has 0 saturated carbocycles. The summed E-state index contributed by atoms with van der Waals surface area (Å²) in [7, 11) is 0. The van der Waals surface area contributed by atoms with E-state index in [1.807, 2.05) is 25.1 Å². The molecular formula is C17H20ClNO. The second kappa shape index (κ2) is 6.29. The largest absolute Gasteiger partial charge is 0.487 e. The van der Waals surface area contributed by atoms with E-state index >= 15 is 0 Å². The monoisotopic (exact) mass is 289 g/mol. The lowest BCUT2D eigenvalue weighted by Crippen LogP contribution is -2.05. The highest BCUT2D eigenvalue weighted by Crippen LogP contribution is 2.28. The molecule has 0 fully saturated rings. The number of hydrogen-bond acceptors (Lipinski definition) is 2. The fourth-order valence-electron chi connectivity index (χ4n) is 2.03. The van der Waals surface area contributed by atoms with Crippen molar-refractivity contribution in [2.75, 3.05) is 0 Å². The SMILES string of the molecule is Cc1ccc(C)c(COc2ccc(C(C)N)cc2Cl)c1. The second-order valence-corrected chi connectivity index (χ2v) is 5.60. The molecule has 2 N–H and O–H groups in total. The highest BCUT2D eigenvalue weighted by Gasteiger charge is 2.07. The first-order valence-corrected chi connectivity index (χ1v) is 7.09. The summed E-state index contributed by atoms with van der Waals surface area (Å²) in [5.41, 5.74) is 10.5. The first-order valence-electron chi connectivity index (χ1n) is 6.71. The van der Waals surface area contributed by atoms with Gasteiger partial charge in [0, 0.05) is 6.04 Å². The third-order valence-corrected chi connectivity index (χ3v) is 3.66. The van der Waals surface area contributed by atoms with Crippen molar-refractivity contribution >= 4 is 11.6 Å². The molecule has 0 saturated heterocycles. The van der Waals surface area contributed by atoms with Gasteiger partial charge in [-0.3, -0.25) is 0 Å². The van der Waals surface area contributed by atoms with Crippen molar-refractivity contribution < 1.29 is 4.74 Å². The molecule has 0 heterocycles. The van der Waals surface area contributed by atoms with Crippen LogP contribution in [-0.4, -0.2) is 0 Å². The summed E-state index contributed by atoms with van der Waals surface area (Å²) in [6.45, 7) is 6.61. The van der Waals surface area contributed by atoms with Gasteiger partial charge in [-0.2, -0.15) is 0 Å². The predicted octanol–water partition coefficient (Wildman–Crippen LogP) is 4.56. The van der Waals surface area contributed by atoms with Crippen LogP contribution in [0.1, 0.15) is 35.2 Å². The van der Waals surface area contributed by atoms with Crippen LogP contribution in [0.3, 0.4) is 0 Å². The van der Waals surface area contributed by atoms with Crippen molar-refractivity contribution in [1.29, 1.82) is 0 Å². The van der Waals surface area contributed by atoms with Gasteiger partial charge in [-0.1, -0.05) is 41.4 Å². The number of benzene rings is 2. The number of nitrogens with two attached hydrogens (primary N) is 1. The van der Waals surface area contributed by atoms with Gasteiger partial charge in [0.05, 0.1) is 5.02 Å². The summed E-state index contributed by atoms with van der Waals surface area (Å²) in [6, 6.07) is 12.0. The molecule has 2 rings (SSSR count). The molecule has 0 amide bonds. The van der Waals surface area contributed by atoms with E-state index in [9.17, 15) is 0 Å². The molecule has 2 aromatic carbocycles. The molecule has 0 radical (unpaired) electrons. The zero-order valence-electron chi connectivity index (χ0n) is 12.1. The lowest BCUT2D eigenvalue weighted by molar-refractivity contribution is 0.305. The summed E-state index contributed by atoms with van der Waals surface area (Å²) in [5, 5.41) is 0.602. The third-order valence-electron chi connectivity index (χ3n) is 3.37. The molecule has 2 aromatic rings. The van der Waals surface area contributed by atoms with E-state index in [1.165, 1.54) is 16.7 Å². The van der Waals surface area contributed by atoms with Crippen LogP contribution < -0.4 is 10.5 Å². The Morgan fingerprint density at radius 1 is 1.15 bits per heavy atom. The Labute approximate surface area is 125 Å². The van der Waals surface area contributed by atoms with Gasteiger partial charge in [-0.15, -0.1) is 0 Å². The fraction of sp³-hybridized carbons (Fsp3) is 0.294. The highest BCUT2D eigenvalue weighted by molar-refractivity contribution is 6.32. The molecule has 0 aromatic heterocycles. The number of ether oxygens (including phenoxy) is 1. The maximum absolute atomic E-state index is 6.23. The van der Waals surface area contributed by atoms with Crippen molar-refractivity contribution in [3.63, 3.8) is 0 Å². The normalized spacial score (nSPS) is 12.2. The van der Waals surface area contributed by atoms with Crippen molar-refractivity contribution in [2.45, 2.75) is 33.4 Å². The van der Waals surface area contributed by atoms with E-state index in [2.05, 4.69) is 32.0 Å². The number of rotatable bonds is 4. The molecule has 0 aliphatic heterocycles. The molecule has 20 heavy (non-hydrogen) atoms. The van der Waals surface area contributed by atoms with Crippen LogP contribution in [0.5, 0.6) is 5.75 Å². The van der Waals surface area contributed by atoms with Gasteiger partial charge < -0.3 is 10.5 Å². The molecule has 0 aliphatic rings. The minimum atomic E-state index is -0.0273. The van der Waals surface area contributed by atoms with Gasteiger partial charge >= 0.3 is 0 Å². The minimum absolute atomic E-state index is 0.0273. The predicted molar refractivity (Wildman–Crippen MR) is 84.3 cm³/mol. The van der Waals surface area contributed by atoms with E-state index in [0.29, 0.717) is 17.4 Å². The maximum atomic E-state index is 6.23. The first-order chi connectivity index (χ1) is 9.47. The number of aryl methyl sites for hydroxylation is 2. The zero-order valence-corrected chi connectivity index (χ0v) is 12.9. The molecule has 1 atom stereocenters. The standard InChI is InChI=1S/C17H20ClNO/c1-11-4-5-12(2)15(8-11)10-20-17-7-6-14(13(3)19)9-16(17)18/h4-9,13H,10,19H2,1-3H3. The Balaban J connectivity index is 2.13. The van der Waals surface area contributed by atoms with Crippen LogP contribution in [0.2, 0.25) is 5.02 Å². The fourth-order valence-corrected chi connectivity index (χ4v) is 2.27. The van der Waals surface area contributed by atoms with Crippen LogP contribution in [0.4, 0.5) is 0 Å². The average molecular weight is 290 g/mol. The van der Waals surface area contributed by atoms with E-state index in [1.54, 1.807) is 0 Å². The summed E-state index contributed by atoms with van der Waals surface area (Å²) >= 11 is 6.23. The molecule has 3 heteroatoms. The van der Waals surface area contributed by atoms with E-state index in [-0.39, 0.29) is 6.04 Å². The summed E-state index contributed by atoms with van der Waals surface area (Å²) in [4.78, 5) is 0. The average Bonchev–Trinajstić information content (AvgIpc) is 2.40. The van der Waals surface area contributed by atoms with Crippen LogP contribution >= 0.6 is 11.6 Å².